The normalized spacial score (nSPS) is 16.7. The Morgan fingerprint density at radius 3 is 2.28 bits per heavy atom. The zero-order chi connectivity index (χ0) is 20.6. The van der Waals surface area contributed by atoms with Crippen LogP contribution in [0.2, 0.25) is 5.02 Å². The van der Waals surface area contributed by atoms with Crippen molar-refractivity contribution in [3.63, 3.8) is 0 Å². The Bertz CT molecular complexity index is 1180. The van der Waals surface area contributed by atoms with Crippen LogP contribution in [0.15, 0.2) is 82.8 Å². The van der Waals surface area contributed by atoms with E-state index in [2.05, 4.69) is 0 Å². The molecule has 5 nitrogen and oxygen atoms in total. The molecule has 1 heterocycles. The standard InChI is InChI=1S/C21H17ClFN3O2S/c22-19-4-2-1-3-18(19)21-13-20(14-5-7-15(23)8-6-14)25-26(21)16-9-11-17(12-10-16)29(24,27)28/h1-12,21H,13H2,(H2,24,27,28). The maximum absolute atomic E-state index is 13.3. The van der Waals surface area contributed by atoms with Gasteiger partial charge in [0.05, 0.1) is 22.3 Å². The van der Waals surface area contributed by atoms with E-state index in [1.165, 1.54) is 24.3 Å². The summed E-state index contributed by atoms with van der Waals surface area (Å²) in [5.41, 5.74) is 3.18. The molecule has 8 heteroatoms. The molecule has 0 aromatic heterocycles. The van der Waals surface area contributed by atoms with Gasteiger partial charge in [0.15, 0.2) is 0 Å². The van der Waals surface area contributed by atoms with Crippen molar-refractivity contribution in [1.29, 1.82) is 0 Å². The number of hydrogen-bond donors (Lipinski definition) is 1. The summed E-state index contributed by atoms with van der Waals surface area (Å²) in [6.45, 7) is 0. The average Bonchev–Trinajstić information content (AvgIpc) is 3.13. The number of rotatable bonds is 4. The van der Waals surface area contributed by atoms with Gasteiger partial charge in [-0.25, -0.2) is 17.9 Å². The van der Waals surface area contributed by atoms with Gasteiger partial charge in [0.25, 0.3) is 0 Å². The zero-order valence-electron chi connectivity index (χ0n) is 15.2. The predicted octanol–water partition coefficient (Wildman–Crippen LogP) is 4.48. The molecule has 0 saturated carbocycles. The van der Waals surface area contributed by atoms with E-state index in [9.17, 15) is 12.8 Å². The van der Waals surface area contributed by atoms with Gasteiger partial charge < -0.3 is 0 Å². The van der Waals surface area contributed by atoms with Crippen molar-refractivity contribution in [2.45, 2.75) is 17.4 Å². The van der Waals surface area contributed by atoms with Crippen molar-refractivity contribution in [3.05, 3.63) is 94.8 Å². The largest absolute Gasteiger partial charge is 0.257 e. The van der Waals surface area contributed by atoms with Crippen LogP contribution in [0.25, 0.3) is 0 Å². The number of nitrogens with two attached hydrogens (primary N) is 1. The molecular formula is C21H17ClFN3O2S. The Labute approximate surface area is 173 Å². The van der Waals surface area contributed by atoms with Gasteiger partial charge in [-0.15, -0.1) is 0 Å². The lowest BCUT2D eigenvalue weighted by Gasteiger charge is -2.24. The molecular weight excluding hydrogens is 413 g/mol. The fourth-order valence-corrected chi connectivity index (χ4v) is 4.12. The highest BCUT2D eigenvalue weighted by atomic mass is 35.5. The van der Waals surface area contributed by atoms with Gasteiger partial charge in [0.2, 0.25) is 10.0 Å². The molecule has 1 atom stereocenters. The maximum Gasteiger partial charge on any atom is 0.238 e. The number of sulfonamides is 1. The van der Waals surface area contributed by atoms with Crippen LogP contribution >= 0.6 is 11.6 Å². The van der Waals surface area contributed by atoms with Crippen LogP contribution in [0.3, 0.4) is 0 Å². The van der Waals surface area contributed by atoms with Crippen LogP contribution in [0.5, 0.6) is 0 Å². The van der Waals surface area contributed by atoms with Crippen LogP contribution in [0.4, 0.5) is 10.1 Å². The second-order valence-corrected chi connectivity index (χ2v) is 8.65. The monoisotopic (exact) mass is 429 g/mol. The third-order valence-electron chi connectivity index (χ3n) is 4.78. The number of hydrazone groups is 1. The zero-order valence-corrected chi connectivity index (χ0v) is 16.7. The Morgan fingerprint density at radius 2 is 1.66 bits per heavy atom. The van der Waals surface area contributed by atoms with Gasteiger partial charge in [-0.3, -0.25) is 5.01 Å². The van der Waals surface area contributed by atoms with E-state index in [0.29, 0.717) is 17.1 Å². The molecule has 0 amide bonds. The highest BCUT2D eigenvalue weighted by Gasteiger charge is 2.31. The number of benzene rings is 3. The number of nitrogens with zero attached hydrogens (tertiary/aromatic N) is 2. The summed E-state index contributed by atoms with van der Waals surface area (Å²) in [6, 6.07) is 19.7. The molecule has 0 aliphatic carbocycles. The lowest BCUT2D eigenvalue weighted by atomic mass is 9.98. The van der Waals surface area contributed by atoms with Gasteiger partial charge in [0, 0.05) is 11.4 Å². The highest BCUT2D eigenvalue weighted by molar-refractivity contribution is 7.89. The first-order valence-electron chi connectivity index (χ1n) is 8.83. The smallest absolute Gasteiger partial charge is 0.238 e. The van der Waals surface area contributed by atoms with E-state index in [0.717, 1.165) is 16.8 Å². The fourth-order valence-electron chi connectivity index (χ4n) is 3.34. The van der Waals surface area contributed by atoms with Crippen LogP contribution in [0.1, 0.15) is 23.6 Å². The quantitative estimate of drug-likeness (QED) is 0.664. The van der Waals surface area contributed by atoms with E-state index in [1.807, 2.05) is 24.3 Å². The lowest BCUT2D eigenvalue weighted by Crippen LogP contribution is -2.19. The third-order valence-corrected chi connectivity index (χ3v) is 6.06. The first-order chi connectivity index (χ1) is 13.8. The Hall–Kier alpha value is -2.74. The molecule has 1 unspecified atom stereocenters. The van der Waals surface area contributed by atoms with Gasteiger partial charge in [-0.05, 0) is 53.6 Å². The number of primary sulfonamides is 1. The van der Waals surface area contributed by atoms with Gasteiger partial charge in [-0.1, -0.05) is 41.9 Å². The second-order valence-electron chi connectivity index (χ2n) is 6.68. The van der Waals surface area contributed by atoms with Gasteiger partial charge in [0.1, 0.15) is 5.82 Å². The van der Waals surface area contributed by atoms with E-state index < -0.39 is 10.0 Å². The molecule has 0 saturated heterocycles. The minimum atomic E-state index is -3.78. The molecule has 0 bridgehead atoms. The SMILES string of the molecule is NS(=O)(=O)c1ccc(N2N=C(c3ccc(F)cc3)CC2c2ccccc2Cl)cc1. The number of halogens is 2. The van der Waals surface area contributed by atoms with Crippen molar-refractivity contribution < 1.29 is 12.8 Å². The van der Waals surface area contributed by atoms with E-state index in [1.54, 1.807) is 29.3 Å². The molecule has 0 radical (unpaired) electrons. The Balaban J connectivity index is 1.77. The summed E-state index contributed by atoms with van der Waals surface area (Å²) in [6.07, 6.45) is 0.562. The molecule has 3 aromatic rings. The summed E-state index contributed by atoms with van der Waals surface area (Å²) >= 11 is 6.43. The van der Waals surface area contributed by atoms with Crippen molar-refractivity contribution in [3.8, 4) is 0 Å². The van der Waals surface area contributed by atoms with E-state index in [-0.39, 0.29) is 16.8 Å². The van der Waals surface area contributed by atoms with E-state index in [4.69, 9.17) is 21.8 Å². The van der Waals surface area contributed by atoms with Crippen molar-refractivity contribution in [2.24, 2.45) is 10.2 Å². The topological polar surface area (TPSA) is 75.8 Å². The summed E-state index contributed by atoms with van der Waals surface area (Å²) < 4.78 is 36.4. The summed E-state index contributed by atoms with van der Waals surface area (Å²) in [7, 11) is -3.78. The summed E-state index contributed by atoms with van der Waals surface area (Å²) in [5.74, 6) is -0.314. The molecule has 29 heavy (non-hydrogen) atoms. The first-order valence-corrected chi connectivity index (χ1v) is 10.8. The number of hydrogen-bond acceptors (Lipinski definition) is 4. The third kappa shape index (κ3) is 4.03. The van der Waals surface area contributed by atoms with Gasteiger partial charge >= 0.3 is 0 Å². The van der Waals surface area contributed by atoms with E-state index >= 15 is 0 Å². The Morgan fingerprint density at radius 1 is 1.00 bits per heavy atom. The van der Waals surface area contributed by atoms with Crippen LogP contribution in [-0.2, 0) is 10.0 Å². The lowest BCUT2D eigenvalue weighted by molar-refractivity contribution is 0.597. The molecule has 148 valence electrons. The minimum absolute atomic E-state index is 0.0254. The molecule has 4 rings (SSSR count). The minimum Gasteiger partial charge on any atom is -0.257 e. The second kappa shape index (κ2) is 7.59. The summed E-state index contributed by atoms with van der Waals surface area (Å²) in [4.78, 5) is 0.0254. The molecule has 1 aliphatic rings. The molecule has 3 aromatic carbocycles. The van der Waals surface area contributed by atoms with Crippen molar-refractivity contribution >= 4 is 33.0 Å². The van der Waals surface area contributed by atoms with Crippen molar-refractivity contribution in [2.75, 3.05) is 5.01 Å². The van der Waals surface area contributed by atoms with Crippen LogP contribution in [0, 0.1) is 5.82 Å². The molecule has 0 fully saturated rings. The first kappa shape index (κ1) is 19.6. The van der Waals surface area contributed by atoms with Gasteiger partial charge in [-0.2, -0.15) is 5.10 Å². The highest BCUT2D eigenvalue weighted by Crippen LogP contribution is 2.39. The molecule has 2 N–H and O–H groups in total. The van der Waals surface area contributed by atoms with Crippen LogP contribution < -0.4 is 10.1 Å². The molecule has 1 aliphatic heterocycles. The fraction of sp³-hybridized carbons (Fsp3) is 0.0952. The maximum atomic E-state index is 13.3. The Kier molecular flexibility index (Phi) is 5.12. The van der Waals surface area contributed by atoms with Crippen molar-refractivity contribution in [1.82, 2.24) is 0 Å². The molecule has 0 spiro atoms. The van der Waals surface area contributed by atoms with Crippen LogP contribution in [-0.4, -0.2) is 14.1 Å². The predicted molar refractivity (Wildman–Crippen MR) is 112 cm³/mol. The summed E-state index contributed by atoms with van der Waals surface area (Å²) in [5, 5.41) is 12.3. The number of anilines is 1. The average molecular weight is 430 g/mol.